The van der Waals surface area contributed by atoms with Gasteiger partial charge in [-0.3, -0.25) is 24.6 Å². The Morgan fingerprint density at radius 1 is 0.678 bits per heavy atom. The van der Waals surface area contributed by atoms with Gasteiger partial charge in [0.2, 0.25) is 11.8 Å². The lowest BCUT2D eigenvalue weighted by Gasteiger charge is -2.58. The highest BCUT2D eigenvalue weighted by molar-refractivity contribution is 6.05. The summed E-state index contributed by atoms with van der Waals surface area (Å²) in [5.74, 6) is 3.10. The molecule has 308 valence electrons. The monoisotopic (exact) mass is 793 g/mol. The average molecular weight is 794 g/mol. The van der Waals surface area contributed by atoms with E-state index in [4.69, 9.17) is 0 Å². The molecule has 4 aliphatic heterocycles. The summed E-state index contributed by atoms with van der Waals surface area (Å²) in [5.41, 5.74) is 11.8. The van der Waals surface area contributed by atoms with Gasteiger partial charge in [-0.25, -0.2) is 0 Å². The maximum absolute atomic E-state index is 13.2. The van der Waals surface area contributed by atoms with E-state index >= 15 is 0 Å². The highest BCUT2D eigenvalue weighted by Crippen LogP contribution is 2.65. The normalized spacial score (nSPS) is 29.8. The Morgan fingerprint density at radius 2 is 1.36 bits per heavy atom. The van der Waals surface area contributed by atoms with E-state index in [1.54, 1.807) is 10.5 Å². The number of rotatable bonds is 7. The largest absolute Gasteiger partial charge is 0.508 e. The van der Waals surface area contributed by atoms with E-state index in [-0.39, 0.29) is 24.1 Å². The van der Waals surface area contributed by atoms with Gasteiger partial charge >= 0.3 is 0 Å². The van der Waals surface area contributed by atoms with Crippen LogP contribution in [0.15, 0.2) is 66.2 Å². The lowest BCUT2D eigenvalue weighted by atomic mass is 9.47. The summed E-state index contributed by atoms with van der Waals surface area (Å²) in [7, 11) is 0. The maximum Gasteiger partial charge on any atom is 0.255 e. The number of aryl methyl sites for hydroxylation is 1. The van der Waals surface area contributed by atoms with Crippen LogP contribution >= 0.6 is 0 Å². The highest BCUT2D eigenvalue weighted by atomic mass is 16.3. The molecule has 0 radical (unpaired) electrons. The third kappa shape index (κ3) is 6.85. The Hall–Kier alpha value is -4.63. The zero-order chi connectivity index (χ0) is 39.8. The molecule has 5 aliphatic carbocycles. The molecule has 59 heavy (non-hydrogen) atoms. The van der Waals surface area contributed by atoms with E-state index in [0.717, 1.165) is 81.2 Å². The number of nitrogens with one attached hydrogen (secondary N) is 1. The van der Waals surface area contributed by atoms with Gasteiger partial charge in [-0.15, -0.1) is 0 Å². The van der Waals surface area contributed by atoms with Crippen LogP contribution in [0.1, 0.15) is 110 Å². The van der Waals surface area contributed by atoms with Crippen LogP contribution in [-0.2, 0) is 22.6 Å². The molecule has 3 amide bonds. The minimum absolute atomic E-state index is 0.115. The Morgan fingerprint density at radius 3 is 2.07 bits per heavy atom. The van der Waals surface area contributed by atoms with Crippen molar-refractivity contribution in [3.63, 3.8) is 0 Å². The number of piperidine rings is 2. The van der Waals surface area contributed by atoms with Crippen LogP contribution in [0.4, 0.5) is 11.4 Å². The van der Waals surface area contributed by atoms with Gasteiger partial charge in [0.25, 0.3) is 5.91 Å². The number of benzene rings is 3. The number of anilines is 2. The molecule has 3 saturated heterocycles. The molecular weight excluding hydrogens is 735 g/mol. The van der Waals surface area contributed by atoms with Gasteiger partial charge in [-0.2, -0.15) is 0 Å². The Labute approximate surface area is 348 Å². The smallest absolute Gasteiger partial charge is 0.255 e. The first-order chi connectivity index (χ1) is 28.7. The number of allylic oxidation sites excluding steroid dienone is 1. The predicted octanol–water partition coefficient (Wildman–Crippen LogP) is 7.55. The number of nitrogens with zero attached hydrogens (tertiary/aromatic N) is 4. The van der Waals surface area contributed by atoms with Gasteiger partial charge in [0.1, 0.15) is 11.8 Å². The SMILES string of the molecule is O=C1CC[C@H](N2Cc3cc(N4CCN(CC5CCN(c6ccc(C7=C(C89CC%10CC(CC(C%10)C8)C9)CCCc8cc(O)ccc87)cc6)CC5)CC4)ccc3C2=O)C(=O)N1. The van der Waals surface area contributed by atoms with Crippen molar-refractivity contribution in [2.24, 2.45) is 29.1 Å². The third-order valence-electron chi connectivity index (χ3n) is 16.1. The Kier molecular flexibility index (Phi) is 9.39. The molecule has 9 heteroatoms. The fraction of sp³-hybridized carbons (Fsp3) is 0.540. The van der Waals surface area contributed by atoms with Crippen molar-refractivity contribution in [3.05, 3.63) is 94.1 Å². The molecule has 4 bridgehead atoms. The number of piperazine rings is 1. The summed E-state index contributed by atoms with van der Waals surface area (Å²) in [5, 5.41) is 12.9. The van der Waals surface area contributed by atoms with Gasteiger partial charge in [0.05, 0.1) is 0 Å². The molecule has 4 saturated carbocycles. The topological polar surface area (TPSA) is 96.4 Å². The zero-order valence-electron chi connectivity index (χ0n) is 34.5. The summed E-state index contributed by atoms with van der Waals surface area (Å²) < 4.78 is 0. The Balaban J connectivity index is 0.720. The van der Waals surface area contributed by atoms with Crippen LogP contribution in [0.5, 0.6) is 5.75 Å². The molecule has 9 nitrogen and oxygen atoms in total. The zero-order valence-corrected chi connectivity index (χ0v) is 34.5. The number of amides is 3. The second kappa shape index (κ2) is 14.8. The molecule has 3 aromatic carbocycles. The van der Waals surface area contributed by atoms with E-state index in [0.29, 0.717) is 35.6 Å². The lowest BCUT2D eigenvalue weighted by Crippen LogP contribution is -2.52. The molecule has 4 heterocycles. The van der Waals surface area contributed by atoms with Gasteiger partial charge in [0, 0.05) is 75.7 Å². The van der Waals surface area contributed by atoms with Crippen LogP contribution in [0.2, 0.25) is 0 Å². The van der Waals surface area contributed by atoms with E-state index in [2.05, 4.69) is 62.5 Å². The minimum Gasteiger partial charge on any atom is -0.508 e. The van der Waals surface area contributed by atoms with E-state index in [1.807, 2.05) is 18.2 Å². The highest BCUT2D eigenvalue weighted by Gasteiger charge is 2.53. The second-order valence-electron chi connectivity index (χ2n) is 19.8. The summed E-state index contributed by atoms with van der Waals surface area (Å²) in [4.78, 5) is 46.7. The van der Waals surface area contributed by atoms with Crippen LogP contribution < -0.4 is 15.1 Å². The number of hydrogen-bond donors (Lipinski definition) is 2. The van der Waals surface area contributed by atoms with E-state index in [9.17, 15) is 19.5 Å². The molecule has 7 fully saturated rings. The van der Waals surface area contributed by atoms with Crippen molar-refractivity contribution in [3.8, 4) is 5.75 Å². The van der Waals surface area contributed by atoms with Gasteiger partial charge < -0.3 is 19.8 Å². The number of phenolic OH excluding ortho intramolecular Hbond substituents is 1. The molecule has 0 aromatic heterocycles. The molecule has 0 spiro atoms. The number of aromatic hydroxyl groups is 1. The summed E-state index contributed by atoms with van der Waals surface area (Å²) in [6.07, 6.45) is 15.0. The quantitative estimate of drug-likeness (QED) is 0.239. The van der Waals surface area contributed by atoms with Crippen molar-refractivity contribution in [1.29, 1.82) is 0 Å². The fourth-order valence-electron chi connectivity index (χ4n) is 13.6. The number of carbonyl (C=O) groups is 3. The van der Waals surface area contributed by atoms with Crippen molar-refractivity contribution >= 4 is 34.7 Å². The van der Waals surface area contributed by atoms with Crippen LogP contribution in [-0.4, -0.2) is 84.5 Å². The molecule has 0 unspecified atom stereocenters. The van der Waals surface area contributed by atoms with Crippen molar-refractivity contribution in [2.45, 2.75) is 96.1 Å². The first-order valence-corrected chi connectivity index (χ1v) is 22.9. The predicted molar refractivity (Wildman–Crippen MR) is 230 cm³/mol. The molecule has 3 aromatic rings. The van der Waals surface area contributed by atoms with Gasteiger partial charge in [0.15, 0.2) is 0 Å². The first-order valence-electron chi connectivity index (χ1n) is 22.9. The summed E-state index contributed by atoms with van der Waals surface area (Å²) in [6, 6.07) is 21.3. The van der Waals surface area contributed by atoms with E-state index in [1.165, 1.54) is 92.2 Å². The average Bonchev–Trinajstić information content (AvgIpc) is 3.42. The van der Waals surface area contributed by atoms with Crippen LogP contribution in [0.3, 0.4) is 0 Å². The molecule has 2 N–H and O–H groups in total. The standard InChI is InChI=1S/C50H59N5O4/c56-41-9-11-42-37(26-41)2-1-3-44(50-27-33-22-34(28-50)24-35(23-33)29-50)47(42)36-4-6-39(7-5-36)53-16-14-32(15-17-53)30-52-18-20-54(21-19-52)40-8-10-43-38(25-40)31-55(49(43)59)45-12-13-46(57)51-48(45)58/h4-11,25-26,32-35,45,56H,1-3,12-24,27-31H2,(H,51,57,58)/t33?,34?,35?,45-,50?/m0/s1. The molecule has 1 atom stereocenters. The third-order valence-corrected chi connectivity index (χ3v) is 16.1. The lowest BCUT2D eigenvalue weighted by molar-refractivity contribution is -0.136. The second-order valence-corrected chi connectivity index (χ2v) is 19.8. The minimum atomic E-state index is -0.582. The number of fused-ring (bicyclic) bond motifs is 2. The van der Waals surface area contributed by atoms with Gasteiger partial charge in [-0.1, -0.05) is 23.8 Å². The summed E-state index contributed by atoms with van der Waals surface area (Å²) >= 11 is 0. The Bertz CT molecular complexity index is 2160. The molecule has 9 aliphatic rings. The van der Waals surface area contributed by atoms with Crippen molar-refractivity contribution in [2.75, 3.05) is 55.6 Å². The van der Waals surface area contributed by atoms with Crippen LogP contribution in [0, 0.1) is 29.1 Å². The summed E-state index contributed by atoms with van der Waals surface area (Å²) in [6.45, 7) is 7.74. The number of imide groups is 1. The number of hydrogen-bond acceptors (Lipinski definition) is 7. The fourth-order valence-corrected chi connectivity index (χ4v) is 13.6. The van der Waals surface area contributed by atoms with Gasteiger partial charge in [-0.05, 0) is 176 Å². The van der Waals surface area contributed by atoms with E-state index < -0.39 is 6.04 Å². The van der Waals surface area contributed by atoms with Crippen molar-refractivity contribution in [1.82, 2.24) is 15.1 Å². The first kappa shape index (κ1) is 37.4. The number of phenols is 1. The molecule has 12 rings (SSSR count). The van der Waals surface area contributed by atoms with Crippen LogP contribution in [0.25, 0.3) is 5.57 Å². The van der Waals surface area contributed by atoms with Crippen molar-refractivity contribution < 1.29 is 19.5 Å². The molecular formula is C50H59N5O4. The number of carbonyl (C=O) groups excluding carboxylic acids is 3. The maximum atomic E-state index is 13.2.